The van der Waals surface area contributed by atoms with Crippen LogP contribution < -0.4 is 52.0 Å². The summed E-state index contributed by atoms with van der Waals surface area (Å²) in [6.45, 7) is 24.1. The summed E-state index contributed by atoms with van der Waals surface area (Å²) in [5, 5.41) is 43.9. The van der Waals surface area contributed by atoms with Crippen LogP contribution in [0.4, 0.5) is 0 Å². The lowest BCUT2D eigenvalue weighted by Crippen LogP contribution is -2.60. The van der Waals surface area contributed by atoms with Crippen LogP contribution in [0.25, 0.3) is 10.8 Å². The van der Waals surface area contributed by atoms with Crippen LogP contribution in [0.3, 0.4) is 0 Å². The Bertz CT molecular complexity index is 2350. The number of ether oxygens (including phenoxy) is 4. The minimum Gasteiger partial charge on any atom is -0.494 e. The van der Waals surface area contributed by atoms with Crippen molar-refractivity contribution >= 4 is 70.0 Å². The molecule has 0 heterocycles. The average Bonchev–Trinajstić information content (AvgIpc) is 3.62. The first-order valence-corrected chi connectivity index (χ1v) is 29.0. The Kier molecular flexibility index (Phi) is 31.2. The number of esters is 2. The molecule has 0 aromatic heterocycles. The molecule has 0 fully saturated rings. The number of nitrogens with one attached hydrogen (secondary N) is 8. The fourth-order valence-corrected chi connectivity index (χ4v) is 8.77. The summed E-state index contributed by atoms with van der Waals surface area (Å²) in [5.74, 6) is -7.13. The molecule has 10 N–H and O–H groups in total. The predicted molar refractivity (Wildman–Crippen MR) is 315 cm³/mol. The Morgan fingerprint density at radius 2 is 0.702 bits per heavy atom. The highest BCUT2D eigenvalue weighted by molar-refractivity contribution is 5.97. The number of aliphatic hydroxyl groups excluding tert-OH is 2. The summed E-state index contributed by atoms with van der Waals surface area (Å²) in [4.78, 5) is 132. The van der Waals surface area contributed by atoms with E-state index in [-0.39, 0.29) is 75.4 Å². The summed E-state index contributed by atoms with van der Waals surface area (Å²) in [6, 6.07) is 1.64. The van der Waals surface area contributed by atoms with E-state index in [2.05, 4.69) is 42.5 Å². The van der Waals surface area contributed by atoms with Crippen molar-refractivity contribution in [2.24, 2.45) is 35.5 Å². The maximum atomic E-state index is 13.7. The summed E-state index contributed by atoms with van der Waals surface area (Å²) in [7, 11) is 2.42. The molecule has 2 aromatic carbocycles. The van der Waals surface area contributed by atoms with Gasteiger partial charge in [0.15, 0.2) is 0 Å². The smallest absolute Gasteiger partial charge is 0.328 e. The Balaban J connectivity index is 2.00. The van der Waals surface area contributed by atoms with Crippen molar-refractivity contribution in [1.82, 2.24) is 42.5 Å². The van der Waals surface area contributed by atoms with E-state index in [0.717, 1.165) is 10.8 Å². The Labute approximate surface area is 494 Å². The number of aliphatic hydroxyl groups is 2. The van der Waals surface area contributed by atoms with E-state index in [1.807, 2.05) is 39.8 Å². The van der Waals surface area contributed by atoms with Crippen LogP contribution >= 0.6 is 0 Å². The third-order valence-electron chi connectivity index (χ3n) is 13.6. The number of methoxy groups -OCH3 is 2. The van der Waals surface area contributed by atoms with Crippen molar-refractivity contribution in [1.29, 1.82) is 0 Å². The summed E-state index contributed by atoms with van der Waals surface area (Å²) >= 11 is 0. The first kappa shape index (κ1) is 73.0. The van der Waals surface area contributed by atoms with Gasteiger partial charge >= 0.3 is 11.9 Å². The van der Waals surface area contributed by atoms with Crippen molar-refractivity contribution in [3.8, 4) is 11.5 Å². The molecule has 0 aliphatic heterocycles. The highest BCUT2D eigenvalue weighted by Gasteiger charge is 2.37. The van der Waals surface area contributed by atoms with E-state index < -0.39 is 132 Å². The summed E-state index contributed by atoms with van der Waals surface area (Å²) in [6.07, 6.45) is -2.03. The fourth-order valence-electron chi connectivity index (χ4n) is 8.77. The number of amides is 8. The van der Waals surface area contributed by atoms with Crippen molar-refractivity contribution < 1.29 is 77.1 Å². The topological polar surface area (TPSA) is 344 Å². The maximum Gasteiger partial charge on any atom is 0.328 e. The molecule has 0 aliphatic carbocycles. The lowest BCUT2D eigenvalue weighted by molar-refractivity contribution is -0.147. The Morgan fingerprint density at radius 3 is 0.988 bits per heavy atom. The number of fused-ring (bicyclic) bond motifs is 1. The highest BCUT2D eigenvalue weighted by Crippen LogP contribution is 2.26. The van der Waals surface area contributed by atoms with E-state index in [1.165, 1.54) is 28.1 Å². The molecule has 0 spiro atoms. The van der Waals surface area contributed by atoms with E-state index in [9.17, 15) is 58.2 Å². The van der Waals surface area contributed by atoms with Gasteiger partial charge in [-0.2, -0.15) is 0 Å². The number of hydrogen-bond donors (Lipinski definition) is 10. The van der Waals surface area contributed by atoms with Crippen LogP contribution in [0.2, 0.25) is 0 Å². The molecule has 0 radical (unpaired) electrons. The molecule has 24 nitrogen and oxygen atoms in total. The molecule has 8 amide bonds. The van der Waals surface area contributed by atoms with Gasteiger partial charge < -0.3 is 71.7 Å². The number of carbonyl (C=O) groups excluding carboxylic acids is 10. The normalized spacial score (nSPS) is 15.1. The highest BCUT2D eigenvalue weighted by atomic mass is 16.5. The lowest BCUT2D eigenvalue weighted by atomic mass is 9.98. The van der Waals surface area contributed by atoms with Crippen LogP contribution in [0, 0.1) is 35.5 Å². The monoisotopic (exact) mass is 1180 g/mol. The molecule has 0 aliphatic rings. The zero-order valence-electron chi connectivity index (χ0n) is 52.0. The van der Waals surface area contributed by atoms with Gasteiger partial charge in [-0.25, -0.2) is 9.59 Å². The first-order chi connectivity index (χ1) is 39.3. The minimum atomic E-state index is -1.42. The maximum absolute atomic E-state index is 13.7. The zero-order valence-corrected chi connectivity index (χ0v) is 52.0. The molecule has 24 heteroatoms. The fraction of sp³-hybridized carbons (Fsp3) is 0.667. The van der Waals surface area contributed by atoms with Gasteiger partial charge in [0.25, 0.3) is 0 Å². The largest absolute Gasteiger partial charge is 0.494 e. The van der Waals surface area contributed by atoms with Crippen LogP contribution in [-0.4, -0.2) is 157 Å². The van der Waals surface area contributed by atoms with Gasteiger partial charge in [-0.3, -0.25) is 38.4 Å². The lowest BCUT2D eigenvalue weighted by Gasteiger charge is -2.29. The third-order valence-corrected chi connectivity index (χ3v) is 13.6. The molecule has 0 saturated carbocycles. The number of rotatable bonds is 36. The molecular weight excluding hydrogens is 1090 g/mol. The molecule has 0 bridgehead atoms. The molecule has 84 heavy (non-hydrogen) atoms. The molecule has 2 unspecified atom stereocenters. The molecule has 2 rings (SSSR count). The van der Waals surface area contributed by atoms with Crippen molar-refractivity contribution in [3.05, 3.63) is 36.4 Å². The van der Waals surface area contributed by atoms with Crippen molar-refractivity contribution in [3.63, 3.8) is 0 Å². The zero-order chi connectivity index (χ0) is 63.7. The quantitative estimate of drug-likeness (QED) is 0.0346. The van der Waals surface area contributed by atoms with Crippen LogP contribution in [-0.2, 0) is 57.4 Å². The number of benzene rings is 2. The Morgan fingerprint density at radius 1 is 0.393 bits per heavy atom. The Hall–Kier alpha value is -7.08. The van der Waals surface area contributed by atoms with E-state index in [0.29, 0.717) is 11.5 Å². The van der Waals surface area contributed by atoms with Crippen molar-refractivity contribution in [2.45, 2.75) is 196 Å². The second-order valence-corrected chi connectivity index (χ2v) is 23.5. The van der Waals surface area contributed by atoms with Gasteiger partial charge in [0.2, 0.25) is 47.3 Å². The SMILES string of the molecule is COC(=O)[C@@H](NC(=O)[C@@H](NC(=O)[C@H](CC(C)C)NC(=O)[C@@H](NC(=O)CCCOc1ccc2ccc(OCCCC(=O)N[C@H](C(=O)N[C@@H](CC(C)C)C(=O)N[C@H](C(=O)N[C@H](C(=O)OC)C(C)C)C(C)C)C(C)O)cc2c1)C(C)O)C(C)C)C(C)C. The summed E-state index contributed by atoms with van der Waals surface area (Å²) < 4.78 is 21.6. The van der Waals surface area contributed by atoms with Gasteiger partial charge in [0, 0.05) is 12.8 Å². The average molecular weight is 1190 g/mol. The predicted octanol–water partition coefficient (Wildman–Crippen LogP) is 2.86. The minimum absolute atomic E-state index is 0.0718. The van der Waals surface area contributed by atoms with Crippen molar-refractivity contribution in [2.75, 3.05) is 27.4 Å². The first-order valence-electron chi connectivity index (χ1n) is 29.0. The van der Waals surface area contributed by atoms with Crippen LogP contribution in [0.1, 0.15) is 135 Å². The van der Waals surface area contributed by atoms with E-state index >= 15 is 0 Å². The molecular formula is C60H96N8O16. The van der Waals surface area contributed by atoms with Crippen LogP contribution in [0.15, 0.2) is 36.4 Å². The number of hydrogen-bond acceptors (Lipinski definition) is 16. The summed E-state index contributed by atoms with van der Waals surface area (Å²) in [5.41, 5.74) is 0. The van der Waals surface area contributed by atoms with Gasteiger partial charge in [-0.15, -0.1) is 0 Å². The number of carbonyl (C=O) groups is 10. The van der Waals surface area contributed by atoms with E-state index in [1.54, 1.807) is 79.7 Å². The van der Waals surface area contributed by atoms with Crippen LogP contribution in [0.5, 0.6) is 11.5 Å². The third kappa shape index (κ3) is 24.6. The molecule has 10 atom stereocenters. The second-order valence-electron chi connectivity index (χ2n) is 23.5. The van der Waals surface area contributed by atoms with Gasteiger partial charge in [0.05, 0.1) is 39.6 Å². The molecule has 472 valence electrons. The second kappa shape index (κ2) is 35.9. The van der Waals surface area contributed by atoms with Gasteiger partial charge in [-0.05, 0) is 110 Å². The molecule has 0 saturated heterocycles. The standard InChI is InChI=1S/C60H96N8O16/c1-31(2)27-43(53(73)65-47(33(5)6)55(75)67-49(35(9)10)59(79)81-15)61-57(77)51(37(13)69)63-45(71)19-17-25-83-41-23-21-39-22-24-42(30-40(39)29-41)84-26-18-20-46(72)64-52(38(14)70)58(78)62-44(28-32(3)4)54(74)66-48(34(7)8)56(76)68-50(36(11)12)60(80)82-16/h21-24,29-38,43-44,47-52,69-70H,17-20,25-28H2,1-16H3,(H,61,77)(H,62,78)(H,63,71)(H,64,72)(H,65,73)(H,66,74)(H,67,75)(H,68,76)/t37?,38?,43-,44-,47-,48-,49-,50-,51-,52-/m0/s1. The van der Waals surface area contributed by atoms with E-state index in [4.69, 9.17) is 18.9 Å². The molecule has 2 aromatic rings. The van der Waals surface area contributed by atoms with Gasteiger partial charge in [-0.1, -0.05) is 95.2 Å². The van der Waals surface area contributed by atoms with Gasteiger partial charge in [0.1, 0.15) is 59.8 Å².